The van der Waals surface area contributed by atoms with E-state index in [1.165, 1.54) is 4.90 Å². The number of nitrogens with zero attached hydrogens (tertiary/aromatic N) is 2. The molecule has 0 spiro atoms. The number of hydrogen-bond donors (Lipinski definition) is 2. The van der Waals surface area contributed by atoms with Gasteiger partial charge >= 0.3 is 0 Å². The van der Waals surface area contributed by atoms with E-state index in [1.807, 2.05) is 30.3 Å². The first kappa shape index (κ1) is 13.1. The first-order chi connectivity index (χ1) is 10.1. The van der Waals surface area contributed by atoms with Crippen LogP contribution in [0, 0.1) is 0 Å². The number of aliphatic hydroxyl groups is 1. The van der Waals surface area contributed by atoms with Crippen LogP contribution in [0.3, 0.4) is 0 Å². The summed E-state index contributed by atoms with van der Waals surface area (Å²) in [6.07, 6.45) is 5.12. The molecule has 0 bridgehead atoms. The maximum absolute atomic E-state index is 11.6. The van der Waals surface area contributed by atoms with Crippen LogP contribution in [0.4, 0.5) is 0 Å². The zero-order valence-electron chi connectivity index (χ0n) is 11.5. The number of aliphatic hydroxyl groups excluding tert-OH is 1. The van der Waals surface area contributed by atoms with Gasteiger partial charge < -0.3 is 14.7 Å². The minimum absolute atomic E-state index is 0.240. The van der Waals surface area contributed by atoms with Crippen molar-refractivity contribution in [1.82, 2.24) is 15.3 Å². The average Bonchev–Trinajstić information content (AvgIpc) is 2.77. The summed E-state index contributed by atoms with van der Waals surface area (Å²) in [5.74, 6) is 0.752. The van der Waals surface area contributed by atoms with Gasteiger partial charge in [-0.3, -0.25) is 15.2 Å². The molecule has 0 aromatic heterocycles. The number of amides is 1. The highest BCUT2D eigenvalue weighted by molar-refractivity contribution is 5.94. The van der Waals surface area contributed by atoms with E-state index in [4.69, 9.17) is 4.74 Å². The molecule has 0 aliphatic carbocycles. The van der Waals surface area contributed by atoms with E-state index in [2.05, 4.69) is 5.43 Å². The van der Waals surface area contributed by atoms with Crippen molar-refractivity contribution >= 4 is 5.91 Å². The second-order valence-electron chi connectivity index (χ2n) is 4.73. The monoisotopic (exact) mass is 285 g/mol. The molecule has 108 valence electrons. The normalized spacial score (nSPS) is 18.0. The van der Waals surface area contributed by atoms with Gasteiger partial charge in [-0.25, -0.2) is 0 Å². The van der Waals surface area contributed by atoms with Gasteiger partial charge in [-0.1, -0.05) is 18.2 Å². The summed E-state index contributed by atoms with van der Waals surface area (Å²) in [7, 11) is 1.64. The second-order valence-corrected chi connectivity index (χ2v) is 4.73. The van der Waals surface area contributed by atoms with Crippen LogP contribution in [0.5, 0.6) is 5.75 Å². The number of hydrogen-bond acceptors (Lipinski definition) is 5. The number of para-hydroxylation sites is 1. The predicted molar refractivity (Wildman–Crippen MR) is 76.6 cm³/mol. The van der Waals surface area contributed by atoms with Gasteiger partial charge in [0.15, 0.2) is 0 Å². The fourth-order valence-electron chi connectivity index (χ4n) is 2.09. The lowest BCUT2D eigenvalue weighted by Crippen LogP contribution is -2.33. The van der Waals surface area contributed by atoms with Crippen LogP contribution in [0.1, 0.15) is 0 Å². The number of hydrazine groups is 1. The molecule has 1 aromatic carbocycles. The number of benzene rings is 1. The smallest absolute Gasteiger partial charge is 0.290 e. The molecule has 2 aliphatic rings. The highest BCUT2D eigenvalue weighted by atomic mass is 16.5. The second kappa shape index (κ2) is 5.24. The maximum Gasteiger partial charge on any atom is 0.290 e. The largest absolute Gasteiger partial charge is 0.502 e. The number of rotatable bonds is 3. The van der Waals surface area contributed by atoms with Crippen molar-refractivity contribution in [3.05, 3.63) is 66.0 Å². The summed E-state index contributed by atoms with van der Waals surface area (Å²) in [4.78, 5) is 13.0. The third-order valence-electron chi connectivity index (χ3n) is 3.21. The van der Waals surface area contributed by atoms with Gasteiger partial charge in [0.25, 0.3) is 5.91 Å². The third-order valence-corrected chi connectivity index (χ3v) is 3.21. The summed E-state index contributed by atoms with van der Waals surface area (Å²) in [6.45, 7) is 0.352. The predicted octanol–water partition coefficient (Wildman–Crippen LogP) is 1.48. The molecule has 2 N–H and O–H groups in total. The number of likely N-dealkylation sites (N-methyl/N-ethyl adjacent to an activating group) is 1. The molecule has 6 nitrogen and oxygen atoms in total. The van der Waals surface area contributed by atoms with Gasteiger partial charge in [-0.05, 0) is 12.1 Å². The molecule has 0 fully saturated rings. The Morgan fingerprint density at radius 3 is 2.62 bits per heavy atom. The SMILES string of the molecule is CN1CC(N2C=CC(Oc3ccccc3)=CN2)=C(O)C1=O. The van der Waals surface area contributed by atoms with Crippen molar-refractivity contribution in [1.29, 1.82) is 0 Å². The minimum Gasteiger partial charge on any atom is -0.502 e. The Labute approximate surface area is 122 Å². The van der Waals surface area contributed by atoms with E-state index in [9.17, 15) is 9.90 Å². The summed E-state index contributed by atoms with van der Waals surface area (Å²) in [5.41, 5.74) is 3.47. The Hall–Kier alpha value is -2.89. The van der Waals surface area contributed by atoms with Gasteiger partial charge in [-0.2, -0.15) is 0 Å². The summed E-state index contributed by atoms with van der Waals surface area (Å²) < 4.78 is 5.66. The van der Waals surface area contributed by atoms with E-state index < -0.39 is 0 Å². The highest BCUT2D eigenvalue weighted by Crippen LogP contribution is 2.21. The lowest BCUT2D eigenvalue weighted by atomic mass is 10.3. The molecule has 6 heteroatoms. The van der Waals surface area contributed by atoms with Crippen molar-refractivity contribution in [3.8, 4) is 5.75 Å². The zero-order chi connectivity index (χ0) is 14.8. The van der Waals surface area contributed by atoms with E-state index in [0.717, 1.165) is 5.75 Å². The first-order valence-corrected chi connectivity index (χ1v) is 6.49. The first-order valence-electron chi connectivity index (χ1n) is 6.49. The molecule has 2 aliphatic heterocycles. The minimum atomic E-state index is -0.379. The molecule has 2 heterocycles. The molecule has 3 rings (SSSR count). The molecule has 0 saturated heterocycles. The molecule has 21 heavy (non-hydrogen) atoms. The van der Waals surface area contributed by atoms with Crippen molar-refractivity contribution in [2.45, 2.75) is 0 Å². The molecule has 1 aromatic rings. The van der Waals surface area contributed by atoms with Crippen molar-refractivity contribution in [2.24, 2.45) is 0 Å². The van der Waals surface area contributed by atoms with Gasteiger partial charge in [0.2, 0.25) is 5.76 Å². The van der Waals surface area contributed by atoms with Crippen molar-refractivity contribution in [3.63, 3.8) is 0 Å². The van der Waals surface area contributed by atoms with Crippen LogP contribution < -0.4 is 10.2 Å². The number of allylic oxidation sites excluding steroid dienone is 1. The van der Waals surface area contributed by atoms with Crippen LogP contribution in [-0.2, 0) is 4.79 Å². The van der Waals surface area contributed by atoms with Crippen LogP contribution in [0.15, 0.2) is 66.0 Å². The van der Waals surface area contributed by atoms with Gasteiger partial charge in [-0.15, -0.1) is 0 Å². The third kappa shape index (κ3) is 2.55. The van der Waals surface area contributed by atoms with Gasteiger partial charge in [0.05, 0.1) is 12.7 Å². The standard InChI is InChI=1S/C15H15N3O3/c1-17-10-13(14(19)15(17)20)18-8-7-12(9-16-18)21-11-5-3-2-4-6-11/h2-9,16,19H,10H2,1H3. The van der Waals surface area contributed by atoms with Crippen LogP contribution in [-0.4, -0.2) is 34.5 Å². The van der Waals surface area contributed by atoms with Crippen molar-refractivity contribution in [2.75, 3.05) is 13.6 Å². The molecular weight excluding hydrogens is 270 g/mol. The van der Waals surface area contributed by atoms with E-state index in [0.29, 0.717) is 18.0 Å². The zero-order valence-corrected chi connectivity index (χ0v) is 11.5. The molecule has 0 radical (unpaired) electrons. The van der Waals surface area contributed by atoms with E-state index in [1.54, 1.807) is 30.5 Å². The Morgan fingerprint density at radius 2 is 2.05 bits per heavy atom. The molecule has 0 saturated carbocycles. The molecular formula is C15H15N3O3. The van der Waals surface area contributed by atoms with Crippen LogP contribution >= 0.6 is 0 Å². The van der Waals surface area contributed by atoms with Crippen LogP contribution in [0.2, 0.25) is 0 Å². The van der Waals surface area contributed by atoms with E-state index in [-0.39, 0.29) is 11.7 Å². The molecule has 0 unspecified atom stereocenters. The number of nitrogens with one attached hydrogen (secondary N) is 1. The lowest BCUT2D eigenvalue weighted by molar-refractivity contribution is -0.126. The highest BCUT2D eigenvalue weighted by Gasteiger charge is 2.30. The Balaban J connectivity index is 1.68. The topological polar surface area (TPSA) is 65.0 Å². The summed E-state index contributed by atoms with van der Waals surface area (Å²) >= 11 is 0. The fraction of sp³-hybridized carbons (Fsp3) is 0.133. The Bertz CT molecular complexity index is 649. The number of ether oxygens (including phenoxy) is 1. The van der Waals surface area contributed by atoms with E-state index >= 15 is 0 Å². The lowest BCUT2D eigenvalue weighted by Gasteiger charge is -2.25. The quantitative estimate of drug-likeness (QED) is 0.880. The molecule has 1 amide bonds. The summed E-state index contributed by atoms with van der Waals surface area (Å²) in [5, 5.41) is 11.4. The summed E-state index contributed by atoms with van der Waals surface area (Å²) in [6, 6.07) is 9.43. The van der Waals surface area contributed by atoms with Gasteiger partial charge in [0, 0.05) is 19.3 Å². The van der Waals surface area contributed by atoms with Crippen molar-refractivity contribution < 1.29 is 14.6 Å². The number of carbonyl (C=O) groups excluding carboxylic acids is 1. The Kier molecular flexibility index (Phi) is 3.27. The molecule has 0 atom stereocenters. The average molecular weight is 285 g/mol. The number of carbonyl (C=O) groups is 1. The Morgan fingerprint density at radius 1 is 1.29 bits per heavy atom. The van der Waals surface area contributed by atoms with Gasteiger partial charge in [0.1, 0.15) is 17.2 Å². The van der Waals surface area contributed by atoms with Crippen LogP contribution in [0.25, 0.3) is 0 Å². The maximum atomic E-state index is 11.6. The fourth-order valence-corrected chi connectivity index (χ4v) is 2.09.